The van der Waals surface area contributed by atoms with Crippen LogP contribution >= 0.6 is 0 Å². The van der Waals surface area contributed by atoms with Crippen LogP contribution in [0.2, 0.25) is 0 Å². The summed E-state index contributed by atoms with van der Waals surface area (Å²) in [5.74, 6) is 1.59. The zero-order chi connectivity index (χ0) is 19.1. The number of rotatable bonds is 8. The van der Waals surface area contributed by atoms with Gasteiger partial charge in [-0.15, -0.1) is 0 Å². The van der Waals surface area contributed by atoms with Crippen LogP contribution in [0.1, 0.15) is 5.56 Å². The number of amides is 1. The summed E-state index contributed by atoms with van der Waals surface area (Å²) in [5, 5.41) is 12.6. The molecule has 0 bridgehead atoms. The second kappa shape index (κ2) is 9.25. The third-order valence-corrected chi connectivity index (χ3v) is 4.05. The Morgan fingerprint density at radius 3 is 2.70 bits per heavy atom. The number of para-hydroxylation sites is 2. The number of nitrogens with one attached hydrogen (secondary N) is 1. The lowest BCUT2D eigenvalue weighted by molar-refractivity contribution is -0.131. The highest BCUT2D eigenvalue weighted by atomic mass is 16.6. The standard InChI is InChI=1S/C20H23NO6/c1-24-16-8-6-14(7-9-16)11-25-12-15(22)10-21-20(23)19-13-26-17-4-2-3-5-18(17)27-19/h2-9,15,19,22H,10-13H2,1H3,(H,21,23)/t15-,19-/m0/s1. The number of aliphatic hydroxyl groups is 1. The number of aliphatic hydroxyl groups excluding tert-OH is 1. The normalized spacial score (nSPS) is 16.4. The van der Waals surface area contributed by atoms with Gasteiger partial charge in [0.1, 0.15) is 12.4 Å². The molecule has 2 aromatic carbocycles. The zero-order valence-corrected chi connectivity index (χ0v) is 15.1. The van der Waals surface area contributed by atoms with Gasteiger partial charge in [-0.25, -0.2) is 0 Å². The average molecular weight is 373 g/mol. The van der Waals surface area contributed by atoms with Crippen LogP contribution in [0.5, 0.6) is 17.2 Å². The summed E-state index contributed by atoms with van der Waals surface area (Å²) in [6.45, 7) is 0.679. The minimum Gasteiger partial charge on any atom is -0.497 e. The predicted octanol–water partition coefficient (Wildman–Crippen LogP) is 1.53. The van der Waals surface area contributed by atoms with E-state index in [-0.39, 0.29) is 25.7 Å². The molecule has 2 N–H and O–H groups in total. The van der Waals surface area contributed by atoms with Gasteiger partial charge in [-0.05, 0) is 29.8 Å². The first-order valence-corrected chi connectivity index (χ1v) is 8.70. The van der Waals surface area contributed by atoms with Crippen LogP contribution in [0.3, 0.4) is 0 Å². The van der Waals surface area contributed by atoms with E-state index in [0.717, 1.165) is 11.3 Å². The Balaban J connectivity index is 1.36. The lowest BCUT2D eigenvalue weighted by Crippen LogP contribution is -2.46. The number of carbonyl (C=O) groups is 1. The van der Waals surface area contributed by atoms with Crippen molar-refractivity contribution in [2.45, 2.75) is 18.8 Å². The van der Waals surface area contributed by atoms with Crippen molar-refractivity contribution in [1.82, 2.24) is 5.32 Å². The van der Waals surface area contributed by atoms with E-state index in [1.54, 1.807) is 19.2 Å². The third kappa shape index (κ3) is 5.35. The summed E-state index contributed by atoms with van der Waals surface area (Å²) in [4.78, 5) is 12.2. The minimum atomic E-state index is -0.816. The van der Waals surface area contributed by atoms with Gasteiger partial charge in [-0.3, -0.25) is 4.79 Å². The van der Waals surface area contributed by atoms with Crippen molar-refractivity contribution in [2.75, 3.05) is 26.9 Å². The quantitative estimate of drug-likeness (QED) is 0.730. The van der Waals surface area contributed by atoms with Crippen LogP contribution in [0.4, 0.5) is 0 Å². The molecule has 144 valence electrons. The average Bonchev–Trinajstić information content (AvgIpc) is 2.72. The Kier molecular flexibility index (Phi) is 6.51. The van der Waals surface area contributed by atoms with Crippen molar-refractivity contribution in [2.24, 2.45) is 0 Å². The van der Waals surface area contributed by atoms with E-state index in [4.69, 9.17) is 18.9 Å². The number of carbonyl (C=O) groups excluding carboxylic acids is 1. The van der Waals surface area contributed by atoms with Crippen molar-refractivity contribution >= 4 is 5.91 Å². The fourth-order valence-corrected chi connectivity index (χ4v) is 2.57. The summed E-state index contributed by atoms with van der Waals surface area (Å²) in [7, 11) is 1.61. The monoisotopic (exact) mass is 373 g/mol. The number of ether oxygens (including phenoxy) is 4. The van der Waals surface area contributed by atoms with E-state index in [1.165, 1.54) is 0 Å². The molecular weight excluding hydrogens is 350 g/mol. The Morgan fingerprint density at radius 2 is 1.96 bits per heavy atom. The van der Waals surface area contributed by atoms with Crippen LogP contribution in [-0.2, 0) is 16.1 Å². The summed E-state index contributed by atoms with van der Waals surface area (Å²) in [6, 6.07) is 14.7. The molecule has 2 aromatic rings. The zero-order valence-electron chi connectivity index (χ0n) is 15.1. The highest BCUT2D eigenvalue weighted by molar-refractivity contribution is 5.81. The van der Waals surface area contributed by atoms with Gasteiger partial charge < -0.3 is 29.4 Å². The molecule has 2 atom stereocenters. The summed E-state index contributed by atoms with van der Waals surface area (Å²) >= 11 is 0. The number of methoxy groups -OCH3 is 1. The van der Waals surface area contributed by atoms with Crippen molar-refractivity contribution in [3.05, 3.63) is 54.1 Å². The van der Waals surface area contributed by atoms with Gasteiger partial charge in [0.15, 0.2) is 11.5 Å². The van der Waals surface area contributed by atoms with Crippen LogP contribution in [0, 0.1) is 0 Å². The summed E-state index contributed by atoms with van der Waals surface area (Å²) in [5.41, 5.74) is 0.971. The lowest BCUT2D eigenvalue weighted by Gasteiger charge is -2.25. The third-order valence-electron chi connectivity index (χ3n) is 4.05. The van der Waals surface area contributed by atoms with E-state index >= 15 is 0 Å². The van der Waals surface area contributed by atoms with Crippen LogP contribution in [0.25, 0.3) is 0 Å². The largest absolute Gasteiger partial charge is 0.497 e. The topological polar surface area (TPSA) is 86.2 Å². The molecule has 7 heteroatoms. The smallest absolute Gasteiger partial charge is 0.264 e. The van der Waals surface area contributed by atoms with Gasteiger partial charge >= 0.3 is 0 Å². The molecule has 3 rings (SSSR count). The van der Waals surface area contributed by atoms with Crippen molar-refractivity contribution in [3.8, 4) is 17.2 Å². The van der Waals surface area contributed by atoms with Crippen molar-refractivity contribution < 1.29 is 28.8 Å². The first-order chi connectivity index (χ1) is 13.2. The van der Waals surface area contributed by atoms with Crippen LogP contribution in [-0.4, -0.2) is 50.1 Å². The molecule has 0 spiro atoms. The van der Waals surface area contributed by atoms with Gasteiger partial charge in [0.05, 0.1) is 26.4 Å². The van der Waals surface area contributed by atoms with Crippen LogP contribution < -0.4 is 19.5 Å². The van der Waals surface area contributed by atoms with Gasteiger partial charge in [0.2, 0.25) is 6.10 Å². The molecule has 7 nitrogen and oxygen atoms in total. The number of hydrogen-bond acceptors (Lipinski definition) is 6. The lowest BCUT2D eigenvalue weighted by atomic mass is 10.2. The van der Waals surface area contributed by atoms with Crippen molar-refractivity contribution in [3.63, 3.8) is 0 Å². The van der Waals surface area contributed by atoms with Gasteiger partial charge in [-0.2, -0.15) is 0 Å². The summed E-state index contributed by atoms with van der Waals surface area (Å²) < 4.78 is 21.7. The Morgan fingerprint density at radius 1 is 1.22 bits per heavy atom. The maximum Gasteiger partial charge on any atom is 0.264 e. The van der Waals surface area contributed by atoms with E-state index in [2.05, 4.69) is 5.32 Å². The number of hydrogen-bond donors (Lipinski definition) is 2. The second-order valence-electron chi connectivity index (χ2n) is 6.13. The maximum atomic E-state index is 12.2. The molecule has 0 saturated heterocycles. The maximum absolute atomic E-state index is 12.2. The van der Waals surface area contributed by atoms with E-state index in [0.29, 0.717) is 18.1 Å². The predicted molar refractivity (Wildman–Crippen MR) is 98.0 cm³/mol. The molecule has 0 aromatic heterocycles. The highest BCUT2D eigenvalue weighted by Gasteiger charge is 2.27. The van der Waals surface area contributed by atoms with Gasteiger partial charge in [0.25, 0.3) is 5.91 Å². The molecule has 0 saturated carbocycles. The fraction of sp³-hybridized carbons (Fsp3) is 0.350. The van der Waals surface area contributed by atoms with Gasteiger partial charge in [0, 0.05) is 6.54 Å². The SMILES string of the molecule is COc1ccc(COC[C@@H](O)CNC(=O)[C@@H]2COc3ccccc3O2)cc1. The molecule has 1 heterocycles. The summed E-state index contributed by atoms with van der Waals surface area (Å²) in [6.07, 6.45) is -1.56. The number of benzene rings is 2. The fourth-order valence-electron chi connectivity index (χ4n) is 2.57. The second-order valence-corrected chi connectivity index (χ2v) is 6.13. The Bertz CT molecular complexity index is 748. The Labute approximate surface area is 157 Å². The highest BCUT2D eigenvalue weighted by Crippen LogP contribution is 2.30. The first-order valence-electron chi connectivity index (χ1n) is 8.70. The molecule has 0 unspecified atom stereocenters. The number of fused-ring (bicyclic) bond motifs is 1. The molecule has 0 aliphatic carbocycles. The van der Waals surface area contributed by atoms with Crippen LogP contribution in [0.15, 0.2) is 48.5 Å². The minimum absolute atomic E-state index is 0.0724. The van der Waals surface area contributed by atoms with E-state index < -0.39 is 12.2 Å². The Hall–Kier alpha value is -2.77. The molecule has 27 heavy (non-hydrogen) atoms. The molecule has 1 aliphatic heterocycles. The van der Waals surface area contributed by atoms with E-state index in [9.17, 15) is 9.90 Å². The molecule has 1 aliphatic rings. The van der Waals surface area contributed by atoms with E-state index in [1.807, 2.05) is 36.4 Å². The molecule has 0 fully saturated rings. The molecule has 0 radical (unpaired) electrons. The van der Waals surface area contributed by atoms with Gasteiger partial charge in [-0.1, -0.05) is 24.3 Å². The first kappa shape index (κ1) is 19.0. The van der Waals surface area contributed by atoms with Crippen molar-refractivity contribution in [1.29, 1.82) is 0 Å². The molecular formula is C20H23NO6. The molecule has 1 amide bonds.